The van der Waals surface area contributed by atoms with Gasteiger partial charge in [0.1, 0.15) is 0 Å². The number of morpholine rings is 1. The number of amides is 1. The molecule has 0 saturated carbocycles. The number of nitrogens with zero attached hydrogens (tertiary/aromatic N) is 1. The summed E-state index contributed by atoms with van der Waals surface area (Å²) in [4.78, 5) is 14.4. The Kier molecular flexibility index (Phi) is 10.2. The van der Waals surface area contributed by atoms with Crippen LogP contribution < -0.4 is 11.1 Å². The SMILES string of the molecule is CC(CNC(=O)c1cccc(N)c1)CN1CCOCC1.Cl.Cl. The number of nitrogen functional groups attached to an aromatic ring is 1. The first-order valence-corrected chi connectivity index (χ1v) is 7.09. The van der Waals surface area contributed by atoms with Crippen LogP contribution in [0.15, 0.2) is 24.3 Å². The van der Waals surface area contributed by atoms with Crippen molar-refractivity contribution in [3.8, 4) is 0 Å². The Bertz CT molecular complexity index is 454. The van der Waals surface area contributed by atoms with Crippen molar-refractivity contribution in [1.82, 2.24) is 10.2 Å². The van der Waals surface area contributed by atoms with E-state index in [1.165, 1.54) is 0 Å². The van der Waals surface area contributed by atoms with Gasteiger partial charge in [-0.3, -0.25) is 9.69 Å². The number of anilines is 1. The predicted molar refractivity (Wildman–Crippen MR) is 94.1 cm³/mol. The quantitative estimate of drug-likeness (QED) is 0.795. The molecular formula is C15H25Cl2N3O2. The first-order valence-electron chi connectivity index (χ1n) is 7.09. The summed E-state index contributed by atoms with van der Waals surface area (Å²) in [7, 11) is 0. The van der Waals surface area contributed by atoms with Crippen molar-refractivity contribution >= 4 is 36.4 Å². The number of hydrogen-bond acceptors (Lipinski definition) is 4. The number of benzene rings is 1. The molecule has 1 fully saturated rings. The highest BCUT2D eigenvalue weighted by Gasteiger charge is 2.14. The zero-order valence-corrected chi connectivity index (χ0v) is 14.4. The highest BCUT2D eigenvalue weighted by molar-refractivity contribution is 5.94. The van der Waals surface area contributed by atoms with Crippen LogP contribution in [0.1, 0.15) is 17.3 Å². The maximum atomic E-state index is 12.0. The molecule has 2 rings (SSSR count). The molecule has 3 N–H and O–H groups in total. The topological polar surface area (TPSA) is 67.6 Å². The van der Waals surface area contributed by atoms with Crippen molar-refractivity contribution < 1.29 is 9.53 Å². The van der Waals surface area contributed by atoms with Gasteiger partial charge in [0.05, 0.1) is 13.2 Å². The second-order valence-electron chi connectivity index (χ2n) is 5.35. The van der Waals surface area contributed by atoms with E-state index >= 15 is 0 Å². The van der Waals surface area contributed by atoms with Crippen LogP contribution in [0.25, 0.3) is 0 Å². The van der Waals surface area contributed by atoms with Crippen molar-refractivity contribution in [2.75, 3.05) is 45.1 Å². The number of carbonyl (C=O) groups is 1. The van der Waals surface area contributed by atoms with Crippen LogP contribution in [0.2, 0.25) is 0 Å². The molecule has 1 aromatic carbocycles. The van der Waals surface area contributed by atoms with Gasteiger partial charge < -0.3 is 15.8 Å². The van der Waals surface area contributed by atoms with Crippen LogP contribution in [0.4, 0.5) is 5.69 Å². The normalized spacial score (nSPS) is 16.0. The van der Waals surface area contributed by atoms with E-state index in [-0.39, 0.29) is 30.7 Å². The maximum Gasteiger partial charge on any atom is 0.251 e. The van der Waals surface area contributed by atoms with E-state index in [1.807, 2.05) is 0 Å². The molecule has 1 aliphatic rings. The minimum Gasteiger partial charge on any atom is -0.399 e. The minimum atomic E-state index is -0.0638. The Labute approximate surface area is 144 Å². The Morgan fingerprint density at radius 2 is 2.05 bits per heavy atom. The Balaban J connectivity index is 0.00000220. The molecule has 1 atom stereocenters. The predicted octanol–water partition coefficient (Wildman–Crippen LogP) is 1.81. The lowest BCUT2D eigenvalue weighted by atomic mass is 10.1. The van der Waals surface area contributed by atoms with Crippen LogP contribution in [0.5, 0.6) is 0 Å². The van der Waals surface area contributed by atoms with Crippen molar-refractivity contribution in [1.29, 1.82) is 0 Å². The molecule has 1 aromatic rings. The second-order valence-corrected chi connectivity index (χ2v) is 5.35. The van der Waals surface area contributed by atoms with Crippen LogP contribution in [-0.4, -0.2) is 50.2 Å². The number of carbonyl (C=O) groups excluding carboxylic acids is 1. The molecule has 126 valence electrons. The van der Waals surface area contributed by atoms with Gasteiger partial charge in [-0.2, -0.15) is 0 Å². The molecule has 0 spiro atoms. The zero-order chi connectivity index (χ0) is 14.4. The Morgan fingerprint density at radius 1 is 1.36 bits per heavy atom. The Hall–Kier alpha value is -1.01. The molecule has 1 amide bonds. The molecule has 1 saturated heterocycles. The molecule has 1 unspecified atom stereocenters. The zero-order valence-electron chi connectivity index (χ0n) is 12.8. The van der Waals surface area contributed by atoms with Gasteiger partial charge in [-0.1, -0.05) is 13.0 Å². The van der Waals surface area contributed by atoms with Crippen LogP contribution >= 0.6 is 24.8 Å². The van der Waals surface area contributed by atoms with Gasteiger partial charge in [0.2, 0.25) is 0 Å². The van der Waals surface area contributed by atoms with Gasteiger partial charge in [-0.25, -0.2) is 0 Å². The number of nitrogens with two attached hydrogens (primary N) is 1. The fourth-order valence-electron chi connectivity index (χ4n) is 2.34. The second kappa shape index (κ2) is 10.7. The summed E-state index contributed by atoms with van der Waals surface area (Å²) in [6.45, 7) is 7.38. The van der Waals surface area contributed by atoms with Crippen molar-refractivity contribution in [3.05, 3.63) is 29.8 Å². The lowest BCUT2D eigenvalue weighted by Crippen LogP contribution is -2.41. The first kappa shape index (κ1) is 21.0. The smallest absolute Gasteiger partial charge is 0.251 e. The monoisotopic (exact) mass is 349 g/mol. The van der Waals surface area contributed by atoms with Gasteiger partial charge in [-0.05, 0) is 24.1 Å². The number of rotatable bonds is 5. The van der Waals surface area contributed by atoms with Gasteiger partial charge in [0.15, 0.2) is 0 Å². The number of ether oxygens (including phenoxy) is 1. The lowest BCUT2D eigenvalue weighted by Gasteiger charge is -2.29. The number of nitrogens with one attached hydrogen (secondary N) is 1. The lowest BCUT2D eigenvalue weighted by molar-refractivity contribution is 0.0317. The largest absolute Gasteiger partial charge is 0.399 e. The van der Waals surface area contributed by atoms with Gasteiger partial charge in [-0.15, -0.1) is 24.8 Å². The van der Waals surface area contributed by atoms with Crippen LogP contribution in [0.3, 0.4) is 0 Å². The van der Waals surface area contributed by atoms with E-state index in [0.717, 1.165) is 32.8 Å². The fourth-order valence-corrected chi connectivity index (χ4v) is 2.34. The van der Waals surface area contributed by atoms with Crippen molar-refractivity contribution in [2.45, 2.75) is 6.92 Å². The summed E-state index contributed by atoms with van der Waals surface area (Å²) in [6.07, 6.45) is 0. The summed E-state index contributed by atoms with van der Waals surface area (Å²) in [5.41, 5.74) is 6.90. The van der Waals surface area contributed by atoms with E-state index < -0.39 is 0 Å². The van der Waals surface area contributed by atoms with E-state index in [1.54, 1.807) is 24.3 Å². The molecule has 0 aromatic heterocycles. The van der Waals surface area contributed by atoms with Crippen LogP contribution in [0, 0.1) is 5.92 Å². The third kappa shape index (κ3) is 6.83. The summed E-state index contributed by atoms with van der Waals surface area (Å²) >= 11 is 0. The standard InChI is InChI=1S/C15H23N3O2.2ClH/c1-12(11-18-5-7-20-8-6-18)10-17-15(19)13-3-2-4-14(16)9-13;;/h2-4,9,12H,5-8,10-11,16H2,1H3,(H,17,19);2*1H. The fraction of sp³-hybridized carbons (Fsp3) is 0.533. The molecule has 7 heteroatoms. The van der Waals surface area contributed by atoms with E-state index in [4.69, 9.17) is 10.5 Å². The molecule has 0 radical (unpaired) electrons. The van der Waals surface area contributed by atoms with E-state index in [2.05, 4.69) is 17.1 Å². The van der Waals surface area contributed by atoms with Crippen molar-refractivity contribution in [2.24, 2.45) is 5.92 Å². The minimum absolute atomic E-state index is 0. The molecule has 0 aliphatic carbocycles. The number of halogens is 2. The molecule has 0 bridgehead atoms. The molecular weight excluding hydrogens is 325 g/mol. The summed E-state index contributed by atoms with van der Waals surface area (Å²) in [6, 6.07) is 7.04. The summed E-state index contributed by atoms with van der Waals surface area (Å²) in [5, 5.41) is 2.96. The van der Waals surface area contributed by atoms with Gasteiger partial charge >= 0.3 is 0 Å². The van der Waals surface area contributed by atoms with E-state index in [9.17, 15) is 4.79 Å². The first-order chi connectivity index (χ1) is 9.65. The summed E-state index contributed by atoms with van der Waals surface area (Å²) < 4.78 is 5.33. The van der Waals surface area contributed by atoms with Crippen molar-refractivity contribution in [3.63, 3.8) is 0 Å². The average Bonchev–Trinajstić information content (AvgIpc) is 2.46. The highest BCUT2D eigenvalue weighted by Crippen LogP contribution is 2.07. The molecule has 1 aliphatic heterocycles. The Morgan fingerprint density at radius 3 is 2.68 bits per heavy atom. The molecule has 5 nitrogen and oxygen atoms in total. The molecule has 22 heavy (non-hydrogen) atoms. The van der Waals surface area contributed by atoms with Crippen LogP contribution in [-0.2, 0) is 4.74 Å². The highest BCUT2D eigenvalue weighted by atomic mass is 35.5. The number of hydrogen-bond donors (Lipinski definition) is 2. The van der Waals surface area contributed by atoms with Gasteiger partial charge in [0.25, 0.3) is 5.91 Å². The third-order valence-corrected chi connectivity index (χ3v) is 3.43. The molecule has 1 heterocycles. The summed E-state index contributed by atoms with van der Waals surface area (Å²) in [5.74, 6) is 0.351. The van der Waals surface area contributed by atoms with E-state index in [0.29, 0.717) is 23.7 Å². The maximum absolute atomic E-state index is 12.0. The third-order valence-electron chi connectivity index (χ3n) is 3.43. The average molecular weight is 350 g/mol. The van der Waals surface area contributed by atoms with Gasteiger partial charge in [0, 0.05) is 37.4 Å².